The molecule has 0 aromatic rings. The van der Waals surface area contributed by atoms with Crippen LogP contribution in [0.5, 0.6) is 0 Å². The first-order valence-corrected chi connectivity index (χ1v) is 2.35. The lowest BCUT2D eigenvalue weighted by molar-refractivity contribution is -0.151. The van der Waals surface area contributed by atoms with E-state index in [1.807, 2.05) is 6.21 Å². The van der Waals surface area contributed by atoms with Crippen molar-refractivity contribution in [1.82, 2.24) is 5.43 Å². The van der Waals surface area contributed by atoms with Gasteiger partial charge in [-0.15, -0.1) is 0 Å². The summed E-state index contributed by atoms with van der Waals surface area (Å²) in [5.74, 6) is -1.52. The Hall–Kier alpha value is -0.740. The number of nitrogens with zero attached hydrogens (tertiary/aromatic N) is 1. The van der Waals surface area contributed by atoms with Crippen molar-refractivity contribution in [3.05, 3.63) is 0 Å². The predicted molar refractivity (Wildman–Crippen MR) is 25.0 cm³/mol. The molecule has 0 spiro atoms. The van der Waals surface area contributed by atoms with Crippen molar-refractivity contribution in [3.63, 3.8) is 0 Å². The van der Waals surface area contributed by atoms with Crippen LogP contribution in [0.3, 0.4) is 0 Å². The molecule has 1 aliphatic heterocycles. The zero-order chi connectivity index (χ0) is 6.91. The third-order valence-corrected chi connectivity index (χ3v) is 0.990. The fourth-order valence-electron chi connectivity index (χ4n) is 0.495. The van der Waals surface area contributed by atoms with E-state index in [1.54, 1.807) is 0 Å². The third-order valence-electron chi connectivity index (χ3n) is 0.990. The second-order valence-corrected chi connectivity index (χ2v) is 1.70. The van der Waals surface area contributed by atoms with E-state index >= 15 is 0 Å². The molecule has 5 heteroatoms. The Labute approximate surface area is 49.7 Å². The summed E-state index contributed by atoms with van der Waals surface area (Å²) in [5, 5.41) is 3.11. The molecular weight excluding hydrogens is 133 g/mol. The van der Waals surface area contributed by atoms with Crippen LogP contribution in [0.2, 0.25) is 0 Å². The molecule has 0 aromatic carbocycles. The molecule has 0 fully saturated rings. The maximum absolute atomic E-state index is 11.6. The van der Waals surface area contributed by atoms with E-state index in [0.29, 0.717) is 0 Å². The minimum Gasteiger partial charge on any atom is -0.309 e. The summed E-state index contributed by atoms with van der Waals surface area (Å²) in [4.78, 5) is 0. The average Bonchev–Trinajstić information content (AvgIpc) is 2.08. The highest BCUT2D eigenvalue weighted by molar-refractivity contribution is 5.63. The van der Waals surface area contributed by atoms with Crippen molar-refractivity contribution in [2.75, 3.05) is 6.54 Å². The van der Waals surface area contributed by atoms with Gasteiger partial charge < -0.3 is 5.43 Å². The Kier molecular flexibility index (Phi) is 1.34. The van der Waals surface area contributed by atoms with E-state index in [0.717, 1.165) is 0 Å². The first kappa shape index (κ1) is 6.38. The van der Waals surface area contributed by atoms with E-state index in [9.17, 15) is 13.2 Å². The van der Waals surface area contributed by atoms with Crippen LogP contribution in [0.15, 0.2) is 5.10 Å². The second-order valence-electron chi connectivity index (χ2n) is 1.70. The molecule has 2 nitrogen and oxygen atoms in total. The molecule has 0 aliphatic carbocycles. The Morgan fingerprint density at radius 3 is 2.44 bits per heavy atom. The first-order chi connectivity index (χ1) is 4.11. The highest BCUT2D eigenvalue weighted by Crippen LogP contribution is 2.25. The van der Waals surface area contributed by atoms with Crippen LogP contribution >= 0.6 is 0 Å². The lowest BCUT2D eigenvalue weighted by Gasteiger charge is -2.08. The van der Waals surface area contributed by atoms with Crippen molar-refractivity contribution in [2.45, 2.75) is 6.18 Å². The van der Waals surface area contributed by atoms with Crippen LogP contribution < -0.4 is 5.43 Å². The van der Waals surface area contributed by atoms with Crippen molar-refractivity contribution < 1.29 is 13.2 Å². The number of alkyl halides is 3. The predicted octanol–water partition coefficient (Wildman–Crippen LogP) is 0.631. The van der Waals surface area contributed by atoms with Gasteiger partial charge in [0.1, 0.15) is 5.92 Å². The number of hydrazone groups is 1. The van der Waals surface area contributed by atoms with Crippen LogP contribution in [0.25, 0.3) is 0 Å². The quantitative estimate of drug-likeness (QED) is 0.520. The smallest absolute Gasteiger partial charge is 0.309 e. The van der Waals surface area contributed by atoms with Gasteiger partial charge in [0.25, 0.3) is 0 Å². The van der Waals surface area contributed by atoms with Gasteiger partial charge >= 0.3 is 6.18 Å². The summed E-state index contributed by atoms with van der Waals surface area (Å²) < 4.78 is 34.8. The van der Waals surface area contributed by atoms with Crippen molar-refractivity contribution >= 4 is 6.21 Å². The van der Waals surface area contributed by atoms with Crippen LogP contribution in [-0.4, -0.2) is 18.9 Å². The number of hydrogen-bond acceptors (Lipinski definition) is 2. The highest BCUT2D eigenvalue weighted by atomic mass is 19.4. The molecule has 0 amide bonds. The Morgan fingerprint density at radius 2 is 2.22 bits per heavy atom. The Morgan fingerprint density at radius 1 is 1.56 bits per heavy atom. The van der Waals surface area contributed by atoms with Gasteiger partial charge in [-0.2, -0.15) is 18.3 Å². The molecule has 0 saturated heterocycles. The molecule has 1 heterocycles. The maximum atomic E-state index is 11.6. The minimum atomic E-state index is -4.19. The molecule has 51 valence electrons. The molecule has 1 N–H and O–H groups in total. The summed E-state index contributed by atoms with van der Waals surface area (Å²) >= 11 is 0. The summed E-state index contributed by atoms with van der Waals surface area (Å²) in [7, 11) is 0. The largest absolute Gasteiger partial charge is 0.399 e. The van der Waals surface area contributed by atoms with Gasteiger partial charge in [0.2, 0.25) is 0 Å². The lowest BCUT2D eigenvalue weighted by Crippen LogP contribution is -2.27. The van der Waals surface area contributed by atoms with Crippen molar-refractivity contribution in [2.24, 2.45) is 11.0 Å². The number of hydrogen-bond donors (Lipinski definition) is 1. The highest BCUT2D eigenvalue weighted by Gasteiger charge is 2.40. The van der Waals surface area contributed by atoms with E-state index in [2.05, 4.69) is 10.5 Å². The number of rotatable bonds is 0. The lowest BCUT2D eigenvalue weighted by atomic mass is 10.2. The average molecular weight is 137 g/mol. The maximum Gasteiger partial charge on any atom is 0.399 e. The number of nitrogens with one attached hydrogen (secondary N) is 1. The first-order valence-electron chi connectivity index (χ1n) is 2.35. The van der Waals surface area contributed by atoms with E-state index in [4.69, 9.17) is 0 Å². The van der Waals surface area contributed by atoms with Gasteiger partial charge in [-0.1, -0.05) is 0 Å². The van der Waals surface area contributed by atoms with Crippen molar-refractivity contribution in [1.29, 1.82) is 0 Å². The van der Waals surface area contributed by atoms with Crippen LogP contribution in [0.4, 0.5) is 13.2 Å². The zero-order valence-electron chi connectivity index (χ0n) is 4.37. The van der Waals surface area contributed by atoms with Gasteiger partial charge in [-0.3, -0.25) is 0 Å². The SMILES string of the molecule is FC(F)(F)C1[C]=NNC1. The summed E-state index contributed by atoms with van der Waals surface area (Å²) in [6.07, 6.45) is -2.30. The normalized spacial score (nSPS) is 26.3. The van der Waals surface area contributed by atoms with Gasteiger partial charge in [-0.05, 0) is 0 Å². The number of halogens is 3. The second kappa shape index (κ2) is 1.89. The van der Waals surface area contributed by atoms with E-state index < -0.39 is 12.1 Å². The zero-order valence-corrected chi connectivity index (χ0v) is 4.37. The minimum absolute atomic E-state index is 0.177. The van der Waals surface area contributed by atoms with Gasteiger partial charge in [-0.25, -0.2) is 0 Å². The summed E-state index contributed by atoms with van der Waals surface area (Å²) in [6, 6.07) is 0. The van der Waals surface area contributed by atoms with Crippen molar-refractivity contribution in [3.8, 4) is 0 Å². The monoisotopic (exact) mass is 137 g/mol. The fraction of sp³-hybridized carbons (Fsp3) is 0.750. The molecule has 0 bridgehead atoms. The molecule has 1 rings (SSSR count). The summed E-state index contributed by atoms with van der Waals surface area (Å²) in [5.41, 5.74) is 2.17. The molecule has 1 unspecified atom stereocenters. The summed E-state index contributed by atoms with van der Waals surface area (Å²) in [6.45, 7) is -0.177. The van der Waals surface area contributed by atoms with Crippen LogP contribution in [-0.2, 0) is 0 Å². The molecule has 1 aliphatic rings. The van der Waals surface area contributed by atoms with Gasteiger partial charge in [0.15, 0.2) is 0 Å². The van der Waals surface area contributed by atoms with E-state index in [1.165, 1.54) is 0 Å². The third kappa shape index (κ3) is 1.34. The van der Waals surface area contributed by atoms with Gasteiger partial charge in [0.05, 0.1) is 12.8 Å². The van der Waals surface area contributed by atoms with Crippen LogP contribution in [0.1, 0.15) is 0 Å². The molecular formula is C4H4F3N2. The van der Waals surface area contributed by atoms with E-state index in [-0.39, 0.29) is 6.54 Å². The topological polar surface area (TPSA) is 24.4 Å². The fourth-order valence-corrected chi connectivity index (χ4v) is 0.495. The molecule has 1 atom stereocenters. The standard InChI is InChI=1S/C4H4F3N2/c5-4(6,7)3-1-8-9-2-3/h3,8H,1H2. The van der Waals surface area contributed by atoms with Gasteiger partial charge in [0, 0.05) is 0 Å². The Balaban J connectivity index is 2.53. The molecule has 0 aromatic heterocycles. The Bertz CT molecular complexity index is 128. The molecule has 9 heavy (non-hydrogen) atoms. The van der Waals surface area contributed by atoms with Crippen LogP contribution in [0, 0.1) is 5.92 Å². The molecule has 0 saturated carbocycles. The molecule has 1 radical (unpaired) electrons.